The van der Waals surface area contributed by atoms with Crippen molar-refractivity contribution >= 4 is 28.3 Å². The molecule has 2 fully saturated rings. The number of aromatic nitrogens is 5. The largest absolute Gasteiger partial charge is 0.370 e. The van der Waals surface area contributed by atoms with E-state index in [-0.39, 0.29) is 34.0 Å². The monoisotopic (exact) mass is 536 g/mol. The zero-order valence-electron chi connectivity index (χ0n) is 21.5. The van der Waals surface area contributed by atoms with Gasteiger partial charge >= 0.3 is 0 Å². The molecule has 1 aliphatic carbocycles. The first-order chi connectivity index (χ1) is 18.4. The van der Waals surface area contributed by atoms with Gasteiger partial charge in [-0.2, -0.15) is 5.10 Å². The van der Waals surface area contributed by atoms with E-state index in [0.717, 1.165) is 31.2 Å². The van der Waals surface area contributed by atoms with Gasteiger partial charge in [-0.15, -0.1) is 0 Å². The molecule has 0 radical (unpaired) electrons. The molecule has 4 heterocycles. The lowest BCUT2D eigenvalue weighted by molar-refractivity contribution is 0.0395. The molecule has 1 saturated heterocycles. The lowest BCUT2D eigenvalue weighted by atomic mass is 9.95. The highest BCUT2D eigenvalue weighted by atomic mass is 35.5. The van der Waals surface area contributed by atoms with Crippen LogP contribution in [0.5, 0.6) is 0 Å². The first-order valence-corrected chi connectivity index (χ1v) is 13.5. The van der Waals surface area contributed by atoms with Gasteiger partial charge in [-0.25, -0.2) is 14.4 Å². The van der Waals surface area contributed by atoms with Gasteiger partial charge in [-0.3, -0.25) is 14.0 Å². The fourth-order valence-corrected chi connectivity index (χ4v) is 5.95. The second kappa shape index (κ2) is 10.1. The molecule has 8 nitrogen and oxygen atoms in total. The highest BCUT2D eigenvalue weighted by Gasteiger charge is 2.28. The standard InChI is InChI=1S/C28H30ClFN6O2/c1-17-32-23-13-25(35-10-11-38-24(16-35)18-14-31-34(2)15-18)33-27(21-9-8-19(29)12-22(21)30)26(23)28(37)36(17)20-6-4-3-5-7-20/h8-9,12-15,20,24H,3-7,10-11,16H2,1-2H3/t24-/m1/s1. The Morgan fingerprint density at radius 1 is 1.13 bits per heavy atom. The summed E-state index contributed by atoms with van der Waals surface area (Å²) in [7, 11) is 1.87. The molecule has 0 unspecified atom stereocenters. The molecule has 0 N–H and O–H groups in total. The van der Waals surface area contributed by atoms with Gasteiger partial charge < -0.3 is 9.64 Å². The van der Waals surface area contributed by atoms with E-state index in [1.54, 1.807) is 27.6 Å². The fourth-order valence-electron chi connectivity index (χ4n) is 5.79. The minimum absolute atomic E-state index is 0.0928. The Hall–Kier alpha value is -3.30. The molecule has 198 valence electrons. The highest BCUT2D eigenvalue weighted by Crippen LogP contribution is 2.34. The summed E-state index contributed by atoms with van der Waals surface area (Å²) in [6.07, 6.45) is 8.78. The molecule has 0 spiro atoms. The average Bonchev–Trinajstić information content (AvgIpc) is 3.35. The van der Waals surface area contributed by atoms with Crippen molar-refractivity contribution in [3.05, 3.63) is 69.2 Å². The molecule has 1 aromatic carbocycles. The van der Waals surface area contributed by atoms with E-state index >= 15 is 4.39 Å². The summed E-state index contributed by atoms with van der Waals surface area (Å²) in [4.78, 5) is 25.9. The van der Waals surface area contributed by atoms with Gasteiger partial charge in [0.25, 0.3) is 5.56 Å². The lowest BCUT2D eigenvalue weighted by Crippen LogP contribution is -2.39. The predicted octanol–water partition coefficient (Wildman–Crippen LogP) is 5.38. The van der Waals surface area contributed by atoms with Gasteiger partial charge in [0.05, 0.1) is 29.4 Å². The maximum absolute atomic E-state index is 15.3. The van der Waals surface area contributed by atoms with Crippen molar-refractivity contribution in [3.63, 3.8) is 0 Å². The normalized spacial score (nSPS) is 18.8. The van der Waals surface area contributed by atoms with E-state index in [4.69, 9.17) is 26.3 Å². The van der Waals surface area contributed by atoms with E-state index in [1.807, 2.05) is 26.2 Å². The van der Waals surface area contributed by atoms with Crippen molar-refractivity contribution < 1.29 is 9.13 Å². The number of rotatable bonds is 4. The summed E-state index contributed by atoms with van der Waals surface area (Å²) in [5.41, 5.74) is 1.84. The molecule has 2 aliphatic rings. The van der Waals surface area contributed by atoms with E-state index < -0.39 is 5.82 Å². The van der Waals surface area contributed by atoms with Crippen LogP contribution in [0.4, 0.5) is 10.2 Å². The fraction of sp³-hybridized carbons (Fsp3) is 0.429. The van der Waals surface area contributed by atoms with Crippen molar-refractivity contribution in [3.8, 4) is 11.3 Å². The van der Waals surface area contributed by atoms with E-state index in [1.165, 1.54) is 12.5 Å². The molecule has 4 aromatic rings. The van der Waals surface area contributed by atoms with Crippen molar-refractivity contribution in [2.24, 2.45) is 7.05 Å². The third-order valence-electron chi connectivity index (χ3n) is 7.66. The average molecular weight is 537 g/mol. The van der Waals surface area contributed by atoms with Crippen LogP contribution in [0.15, 0.2) is 41.5 Å². The zero-order chi connectivity index (χ0) is 26.4. The number of fused-ring (bicyclic) bond motifs is 1. The van der Waals surface area contributed by atoms with Gasteiger partial charge in [-0.05, 0) is 38.0 Å². The van der Waals surface area contributed by atoms with E-state index in [0.29, 0.717) is 42.2 Å². The Labute approximate surface area is 225 Å². The number of anilines is 1. The summed E-state index contributed by atoms with van der Waals surface area (Å²) < 4.78 is 24.9. The number of aryl methyl sites for hydroxylation is 2. The van der Waals surface area contributed by atoms with Crippen molar-refractivity contribution in [1.82, 2.24) is 24.3 Å². The number of ether oxygens (including phenoxy) is 1. The van der Waals surface area contributed by atoms with Crippen molar-refractivity contribution in [2.45, 2.75) is 51.2 Å². The molecular weight excluding hydrogens is 507 g/mol. The van der Waals surface area contributed by atoms with Gasteiger partial charge in [0.1, 0.15) is 23.6 Å². The van der Waals surface area contributed by atoms with Crippen LogP contribution < -0.4 is 10.5 Å². The number of pyridine rings is 1. The smallest absolute Gasteiger partial charge is 0.263 e. The van der Waals surface area contributed by atoms with Crippen LogP contribution in [0, 0.1) is 12.7 Å². The van der Waals surface area contributed by atoms with Gasteiger partial charge in [0, 0.05) is 54.6 Å². The quantitative estimate of drug-likeness (QED) is 0.349. The van der Waals surface area contributed by atoms with Crippen LogP contribution in [0.25, 0.3) is 22.2 Å². The Morgan fingerprint density at radius 3 is 2.68 bits per heavy atom. The summed E-state index contributed by atoms with van der Waals surface area (Å²) in [6, 6.07) is 6.40. The molecule has 1 atom stereocenters. The van der Waals surface area contributed by atoms with E-state index in [9.17, 15) is 4.79 Å². The number of hydrogen-bond donors (Lipinski definition) is 0. The first kappa shape index (κ1) is 25.0. The maximum Gasteiger partial charge on any atom is 0.263 e. The van der Waals surface area contributed by atoms with Crippen LogP contribution in [-0.2, 0) is 11.8 Å². The zero-order valence-corrected chi connectivity index (χ0v) is 22.3. The molecule has 0 amide bonds. The molecule has 10 heteroatoms. The summed E-state index contributed by atoms with van der Waals surface area (Å²) >= 11 is 6.06. The molecule has 1 aliphatic heterocycles. The Kier molecular flexibility index (Phi) is 6.65. The molecule has 1 saturated carbocycles. The second-order valence-corrected chi connectivity index (χ2v) is 10.7. The van der Waals surface area contributed by atoms with Crippen LogP contribution in [0.3, 0.4) is 0 Å². The summed E-state index contributed by atoms with van der Waals surface area (Å²) in [6.45, 7) is 3.53. The number of benzene rings is 1. The number of nitrogens with zero attached hydrogens (tertiary/aromatic N) is 6. The van der Waals surface area contributed by atoms with Gasteiger partial charge in [0.15, 0.2) is 0 Å². The van der Waals surface area contributed by atoms with Gasteiger partial charge in [-0.1, -0.05) is 30.9 Å². The summed E-state index contributed by atoms with van der Waals surface area (Å²) in [5, 5.41) is 4.89. The number of halogens is 2. The van der Waals surface area contributed by atoms with Crippen LogP contribution >= 0.6 is 11.6 Å². The Balaban J connectivity index is 1.51. The summed E-state index contributed by atoms with van der Waals surface area (Å²) in [5.74, 6) is 0.771. The third kappa shape index (κ3) is 4.58. The number of morpholine rings is 1. The second-order valence-electron chi connectivity index (χ2n) is 10.2. The lowest BCUT2D eigenvalue weighted by Gasteiger charge is -2.33. The SMILES string of the molecule is Cc1nc2cc(N3CCO[C@@H](c4cnn(C)c4)C3)nc(-c3ccc(Cl)cc3F)c2c(=O)n1C1CCCCC1. The van der Waals surface area contributed by atoms with Crippen molar-refractivity contribution in [2.75, 3.05) is 24.6 Å². The predicted molar refractivity (Wildman–Crippen MR) is 145 cm³/mol. The number of hydrogen-bond acceptors (Lipinski definition) is 6. The first-order valence-electron chi connectivity index (χ1n) is 13.1. The van der Waals surface area contributed by atoms with E-state index in [2.05, 4.69) is 10.00 Å². The molecule has 38 heavy (non-hydrogen) atoms. The topological polar surface area (TPSA) is 78.1 Å². The van der Waals surface area contributed by atoms with Gasteiger partial charge in [0.2, 0.25) is 0 Å². The van der Waals surface area contributed by atoms with Crippen LogP contribution in [-0.4, -0.2) is 44.0 Å². The Bertz CT molecular complexity index is 1560. The van der Waals surface area contributed by atoms with Crippen LogP contribution in [0.2, 0.25) is 5.02 Å². The molecule has 6 rings (SSSR count). The Morgan fingerprint density at radius 2 is 1.95 bits per heavy atom. The minimum Gasteiger partial charge on any atom is -0.370 e. The molecule has 3 aromatic heterocycles. The molecule has 0 bridgehead atoms. The highest BCUT2D eigenvalue weighted by molar-refractivity contribution is 6.30. The molecular formula is C28H30ClFN6O2. The maximum atomic E-state index is 15.3. The van der Waals surface area contributed by atoms with Crippen molar-refractivity contribution in [1.29, 1.82) is 0 Å². The van der Waals surface area contributed by atoms with Crippen LogP contribution in [0.1, 0.15) is 55.6 Å². The minimum atomic E-state index is -0.525. The third-order valence-corrected chi connectivity index (χ3v) is 7.90.